The fourth-order valence-corrected chi connectivity index (χ4v) is 1.93. The molecule has 1 aromatic carbocycles. The van der Waals surface area contributed by atoms with Gasteiger partial charge in [0, 0.05) is 25.0 Å². The molecule has 1 heterocycles. The molecule has 0 saturated heterocycles. The number of hydrogen-bond donors (Lipinski definition) is 3. The predicted molar refractivity (Wildman–Crippen MR) is 77.4 cm³/mol. The molecule has 0 fully saturated rings. The van der Waals surface area contributed by atoms with Crippen LogP contribution in [0.5, 0.6) is 0 Å². The Hall–Kier alpha value is -2.67. The minimum Gasteiger partial charge on any atom is -0.478 e. The Labute approximate surface area is 121 Å². The number of anilines is 1. The van der Waals surface area contributed by atoms with Crippen LogP contribution in [0.2, 0.25) is 0 Å². The topological polar surface area (TPSA) is 110 Å². The first-order chi connectivity index (χ1) is 10.0. The third kappa shape index (κ3) is 3.46. The summed E-state index contributed by atoms with van der Waals surface area (Å²) in [6, 6.07) is 4.61. The highest BCUT2D eigenvalue weighted by molar-refractivity contribution is 6.03. The minimum absolute atomic E-state index is 0.209. The Morgan fingerprint density at radius 2 is 2.19 bits per heavy atom. The maximum absolute atomic E-state index is 12.0. The maximum Gasteiger partial charge on any atom is 0.335 e. The van der Waals surface area contributed by atoms with Crippen LogP contribution in [0.1, 0.15) is 26.4 Å². The first-order valence-electron chi connectivity index (χ1n) is 6.38. The van der Waals surface area contributed by atoms with Gasteiger partial charge in [0.25, 0.3) is 5.91 Å². The molecule has 0 unspecified atom stereocenters. The molecular formula is C14H16N4O3. The van der Waals surface area contributed by atoms with E-state index in [9.17, 15) is 9.59 Å². The van der Waals surface area contributed by atoms with Gasteiger partial charge in [-0.15, -0.1) is 0 Å². The second kappa shape index (κ2) is 6.19. The van der Waals surface area contributed by atoms with Gasteiger partial charge < -0.3 is 20.7 Å². The molecule has 0 saturated carbocycles. The summed E-state index contributed by atoms with van der Waals surface area (Å²) in [5, 5.41) is 11.6. The van der Waals surface area contributed by atoms with E-state index in [0.717, 1.165) is 0 Å². The molecule has 2 aromatic rings. The molecule has 0 bridgehead atoms. The van der Waals surface area contributed by atoms with Gasteiger partial charge in [-0.25, -0.2) is 9.78 Å². The van der Waals surface area contributed by atoms with E-state index >= 15 is 0 Å². The third-order valence-electron chi connectivity index (χ3n) is 2.97. The van der Waals surface area contributed by atoms with Crippen molar-refractivity contribution < 1.29 is 14.7 Å². The van der Waals surface area contributed by atoms with Crippen molar-refractivity contribution >= 4 is 17.6 Å². The van der Waals surface area contributed by atoms with E-state index in [1.54, 1.807) is 36.1 Å². The molecule has 0 aliphatic heterocycles. The summed E-state index contributed by atoms with van der Waals surface area (Å²) < 4.78 is 1.73. The molecule has 1 aromatic heterocycles. The van der Waals surface area contributed by atoms with Crippen LogP contribution < -0.4 is 11.1 Å². The predicted octanol–water partition coefficient (Wildman–Crippen LogP) is 1.10. The number of rotatable bonds is 5. The van der Waals surface area contributed by atoms with Gasteiger partial charge in [-0.05, 0) is 30.7 Å². The Morgan fingerprint density at radius 3 is 2.81 bits per heavy atom. The third-order valence-corrected chi connectivity index (χ3v) is 2.97. The molecule has 21 heavy (non-hydrogen) atoms. The number of nitrogens with zero attached hydrogens (tertiary/aromatic N) is 2. The number of aromatic nitrogens is 2. The van der Waals surface area contributed by atoms with E-state index in [1.165, 1.54) is 6.07 Å². The fraction of sp³-hybridized carbons (Fsp3) is 0.214. The maximum atomic E-state index is 12.0. The lowest BCUT2D eigenvalue weighted by molar-refractivity contribution is 0.0696. The second-order valence-corrected chi connectivity index (χ2v) is 4.57. The number of amides is 1. The van der Waals surface area contributed by atoms with Crippen molar-refractivity contribution in [3.63, 3.8) is 0 Å². The van der Waals surface area contributed by atoms with Crippen LogP contribution in [-0.4, -0.2) is 33.1 Å². The normalized spacial score (nSPS) is 10.4. The smallest absolute Gasteiger partial charge is 0.335 e. The zero-order valence-corrected chi connectivity index (χ0v) is 11.5. The number of carbonyl (C=O) groups is 2. The number of imidazole rings is 1. The molecular weight excluding hydrogens is 272 g/mol. The van der Waals surface area contributed by atoms with Gasteiger partial charge in [0.1, 0.15) is 5.69 Å². The molecule has 0 aliphatic rings. The van der Waals surface area contributed by atoms with Gasteiger partial charge >= 0.3 is 5.97 Å². The summed E-state index contributed by atoms with van der Waals surface area (Å²) in [5.74, 6) is -1.35. The first-order valence-corrected chi connectivity index (χ1v) is 6.38. The lowest BCUT2D eigenvalue weighted by Gasteiger charge is -2.06. The van der Waals surface area contributed by atoms with Crippen molar-refractivity contribution in [1.82, 2.24) is 9.55 Å². The zero-order valence-electron chi connectivity index (χ0n) is 11.5. The highest BCUT2D eigenvalue weighted by Crippen LogP contribution is 2.16. The lowest BCUT2D eigenvalue weighted by Crippen LogP contribution is -2.13. The Morgan fingerprint density at radius 1 is 1.43 bits per heavy atom. The SMILES string of the molecule is Cc1cc(NC(=O)c2cn(CCN)cn2)ccc1C(=O)O. The summed E-state index contributed by atoms with van der Waals surface area (Å²) in [6.07, 6.45) is 3.15. The number of carboxylic acids is 1. The van der Waals surface area contributed by atoms with E-state index in [2.05, 4.69) is 10.3 Å². The van der Waals surface area contributed by atoms with Crippen molar-refractivity contribution in [2.75, 3.05) is 11.9 Å². The van der Waals surface area contributed by atoms with Crippen LogP contribution in [0.25, 0.3) is 0 Å². The van der Waals surface area contributed by atoms with Crippen molar-refractivity contribution in [2.24, 2.45) is 5.73 Å². The number of carbonyl (C=O) groups excluding carboxylic acids is 1. The molecule has 7 heteroatoms. The Balaban J connectivity index is 2.11. The molecule has 0 radical (unpaired) electrons. The van der Waals surface area contributed by atoms with Crippen LogP contribution >= 0.6 is 0 Å². The highest BCUT2D eigenvalue weighted by Gasteiger charge is 2.12. The number of hydrogen-bond acceptors (Lipinski definition) is 4. The van der Waals surface area contributed by atoms with Gasteiger partial charge in [-0.3, -0.25) is 4.79 Å². The molecule has 4 N–H and O–H groups in total. The van der Waals surface area contributed by atoms with Crippen molar-refractivity contribution in [3.8, 4) is 0 Å². The van der Waals surface area contributed by atoms with Gasteiger partial charge in [0.05, 0.1) is 11.9 Å². The molecule has 0 atom stereocenters. The summed E-state index contributed by atoms with van der Waals surface area (Å²) in [6.45, 7) is 2.73. The number of aryl methyl sites for hydroxylation is 1. The van der Waals surface area contributed by atoms with E-state index in [1.807, 2.05) is 0 Å². The van der Waals surface area contributed by atoms with Crippen molar-refractivity contribution in [2.45, 2.75) is 13.5 Å². The summed E-state index contributed by atoms with van der Waals surface area (Å²) in [4.78, 5) is 27.0. The standard InChI is InChI=1S/C14H16N4O3/c1-9-6-10(2-3-11(9)14(20)21)17-13(19)12-7-18(5-4-15)8-16-12/h2-3,6-8H,4-5,15H2,1H3,(H,17,19)(H,20,21). The number of nitrogens with one attached hydrogen (secondary N) is 1. The van der Waals surface area contributed by atoms with Gasteiger partial charge in [0.15, 0.2) is 0 Å². The van der Waals surface area contributed by atoms with Gasteiger partial charge in [0.2, 0.25) is 0 Å². The monoisotopic (exact) mass is 288 g/mol. The largest absolute Gasteiger partial charge is 0.478 e. The van der Waals surface area contributed by atoms with E-state index in [-0.39, 0.29) is 17.2 Å². The van der Waals surface area contributed by atoms with E-state index in [4.69, 9.17) is 10.8 Å². The summed E-state index contributed by atoms with van der Waals surface area (Å²) in [7, 11) is 0. The van der Waals surface area contributed by atoms with Crippen LogP contribution in [-0.2, 0) is 6.54 Å². The summed E-state index contributed by atoms with van der Waals surface area (Å²) in [5.41, 5.74) is 7.02. The van der Waals surface area contributed by atoms with Crippen LogP contribution in [0.3, 0.4) is 0 Å². The molecule has 0 aliphatic carbocycles. The second-order valence-electron chi connectivity index (χ2n) is 4.57. The van der Waals surface area contributed by atoms with Crippen LogP contribution in [0, 0.1) is 6.92 Å². The number of benzene rings is 1. The van der Waals surface area contributed by atoms with E-state index in [0.29, 0.717) is 24.3 Å². The molecule has 7 nitrogen and oxygen atoms in total. The lowest BCUT2D eigenvalue weighted by atomic mass is 10.1. The van der Waals surface area contributed by atoms with Gasteiger partial charge in [-0.2, -0.15) is 0 Å². The molecule has 0 spiro atoms. The van der Waals surface area contributed by atoms with Crippen molar-refractivity contribution in [3.05, 3.63) is 47.5 Å². The van der Waals surface area contributed by atoms with Crippen molar-refractivity contribution in [1.29, 1.82) is 0 Å². The fourth-order valence-electron chi connectivity index (χ4n) is 1.93. The first kappa shape index (κ1) is 14.7. The molecule has 2 rings (SSSR count). The minimum atomic E-state index is -0.995. The summed E-state index contributed by atoms with van der Waals surface area (Å²) >= 11 is 0. The quantitative estimate of drug-likeness (QED) is 0.763. The van der Waals surface area contributed by atoms with E-state index < -0.39 is 5.97 Å². The number of carboxylic acid groups (broad SMARTS) is 1. The van der Waals surface area contributed by atoms with Crippen LogP contribution in [0.4, 0.5) is 5.69 Å². The molecule has 1 amide bonds. The average Bonchev–Trinajstić information content (AvgIpc) is 2.87. The highest BCUT2D eigenvalue weighted by atomic mass is 16.4. The Kier molecular flexibility index (Phi) is 4.34. The van der Waals surface area contributed by atoms with Gasteiger partial charge in [-0.1, -0.05) is 0 Å². The average molecular weight is 288 g/mol. The Bertz CT molecular complexity index is 679. The molecule has 110 valence electrons. The van der Waals surface area contributed by atoms with Crippen LogP contribution in [0.15, 0.2) is 30.7 Å². The zero-order chi connectivity index (χ0) is 15.4. The number of nitrogens with two attached hydrogens (primary N) is 1. The number of aromatic carboxylic acids is 1.